The Bertz CT molecular complexity index is 3410. The van der Waals surface area contributed by atoms with Crippen molar-refractivity contribution in [3.05, 3.63) is 307 Å². The van der Waals surface area contributed by atoms with Crippen molar-refractivity contribution in [3.8, 4) is 33.4 Å². The maximum atomic E-state index is 4.57. The van der Waals surface area contributed by atoms with Gasteiger partial charge in [0.15, 0.2) is 0 Å². The normalized spacial score (nSPS) is 12.7. The van der Waals surface area contributed by atoms with Crippen LogP contribution in [0.4, 0.5) is 17.1 Å². The number of nitrogens with one attached hydrogen (secondary N) is 2. The van der Waals surface area contributed by atoms with Crippen molar-refractivity contribution in [3.63, 3.8) is 0 Å². The van der Waals surface area contributed by atoms with Gasteiger partial charge >= 0.3 is 0 Å². The maximum Gasteiger partial charge on any atom is 0.0713 e. The first kappa shape index (κ1) is 41.0. The molecular weight excluding hydrogens is 809 g/mol. The van der Waals surface area contributed by atoms with Gasteiger partial charge in [-0.2, -0.15) is 0 Å². The van der Waals surface area contributed by atoms with Crippen LogP contribution in [0.5, 0.6) is 0 Å². The van der Waals surface area contributed by atoms with Crippen LogP contribution in [0, 0.1) is 0 Å². The second-order valence-electron chi connectivity index (χ2n) is 17.1. The van der Waals surface area contributed by atoms with E-state index in [9.17, 15) is 0 Å². The Kier molecular flexibility index (Phi) is 11.0. The molecule has 0 aromatic heterocycles. The largest absolute Gasteiger partial charge is 0.361 e. The fourth-order valence-electron chi connectivity index (χ4n) is 9.97. The first-order valence-corrected chi connectivity index (χ1v) is 22.9. The zero-order valence-corrected chi connectivity index (χ0v) is 37.1. The van der Waals surface area contributed by atoms with E-state index in [1.807, 2.05) is 12.3 Å². The average molecular weight is 857 g/mol. The van der Waals surface area contributed by atoms with E-state index < -0.39 is 5.41 Å². The number of benzene rings is 10. The van der Waals surface area contributed by atoms with Gasteiger partial charge in [-0.25, -0.2) is 0 Å². The van der Waals surface area contributed by atoms with Gasteiger partial charge in [0.25, 0.3) is 0 Å². The first-order valence-electron chi connectivity index (χ1n) is 22.9. The van der Waals surface area contributed by atoms with Crippen molar-refractivity contribution in [2.75, 3.05) is 10.6 Å². The lowest BCUT2D eigenvalue weighted by Gasteiger charge is -2.33. The maximum absolute atomic E-state index is 4.57. The van der Waals surface area contributed by atoms with E-state index in [4.69, 9.17) is 0 Å². The molecule has 0 spiro atoms. The Balaban J connectivity index is 1.08. The van der Waals surface area contributed by atoms with Gasteiger partial charge in [0, 0.05) is 34.2 Å². The lowest BCUT2D eigenvalue weighted by molar-refractivity contribution is 0.768. The van der Waals surface area contributed by atoms with Gasteiger partial charge in [0.05, 0.1) is 5.41 Å². The van der Waals surface area contributed by atoms with Crippen LogP contribution in [-0.2, 0) is 5.41 Å². The molecule has 67 heavy (non-hydrogen) atoms. The number of hydrogen-bond acceptors (Lipinski definition) is 2. The summed E-state index contributed by atoms with van der Waals surface area (Å²) in [6.07, 6.45) is 6.41. The summed E-state index contributed by atoms with van der Waals surface area (Å²) < 4.78 is 0. The van der Waals surface area contributed by atoms with E-state index in [1.54, 1.807) is 0 Å². The molecule has 1 aliphatic carbocycles. The van der Waals surface area contributed by atoms with Crippen LogP contribution in [0.15, 0.2) is 274 Å². The molecule has 0 saturated carbocycles. The molecule has 10 aromatic carbocycles. The third-order valence-electron chi connectivity index (χ3n) is 13.1. The molecule has 2 heteroatoms. The van der Waals surface area contributed by atoms with Gasteiger partial charge in [-0.05, 0) is 126 Å². The van der Waals surface area contributed by atoms with Gasteiger partial charge in [0.2, 0.25) is 0 Å². The molecule has 0 bridgehead atoms. The molecule has 0 fully saturated rings. The predicted octanol–water partition coefficient (Wildman–Crippen LogP) is 17.0. The minimum absolute atomic E-state index is 0.483. The minimum Gasteiger partial charge on any atom is -0.361 e. The minimum atomic E-state index is -0.483. The fourth-order valence-corrected chi connectivity index (χ4v) is 9.97. The van der Waals surface area contributed by atoms with Crippen LogP contribution in [0.3, 0.4) is 0 Å². The Morgan fingerprint density at radius 2 is 1.04 bits per heavy atom. The summed E-state index contributed by atoms with van der Waals surface area (Å²) >= 11 is 0. The van der Waals surface area contributed by atoms with Crippen molar-refractivity contribution >= 4 is 39.0 Å². The number of anilines is 3. The van der Waals surface area contributed by atoms with E-state index in [2.05, 4.69) is 272 Å². The smallest absolute Gasteiger partial charge is 0.0713 e. The van der Waals surface area contributed by atoms with Crippen molar-refractivity contribution < 1.29 is 0 Å². The van der Waals surface area contributed by atoms with Gasteiger partial charge < -0.3 is 10.6 Å². The summed E-state index contributed by atoms with van der Waals surface area (Å²) in [4.78, 5) is 0. The molecule has 0 amide bonds. The highest BCUT2D eigenvalue weighted by Crippen LogP contribution is 2.57. The Morgan fingerprint density at radius 1 is 0.418 bits per heavy atom. The molecule has 0 saturated heterocycles. The predicted molar refractivity (Wildman–Crippen MR) is 285 cm³/mol. The third-order valence-corrected chi connectivity index (χ3v) is 13.1. The van der Waals surface area contributed by atoms with Gasteiger partial charge in [0.1, 0.15) is 0 Å². The quantitative estimate of drug-likeness (QED) is 0.120. The van der Waals surface area contributed by atoms with E-state index in [1.165, 1.54) is 49.7 Å². The molecule has 1 aliphatic rings. The molecule has 2 N–H and O–H groups in total. The van der Waals surface area contributed by atoms with Crippen molar-refractivity contribution in [1.82, 2.24) is 0 Å². The second-order valence-corrected chi connectivity index (χ2v) is 17.1. The molecule has 0 radical (unpaired) electrons. The van der Waals surface area contributed by atoms with E-state index in [-0.39, 0.29) is 0 Å². The Hall–Kier alpha value is -8.72. The van der Waals surface area contributed by atoms with Crippen LogP contribution >= 0.6 is 0 Å². The van der Waals surface area contributed by atoms with Gasteiger partial charge in [-0.1, -0.05) is 219 Å². The SMILES string of the molecule is C=C(/C=C(\C=C/Nc1cccc2ccccc12)c1ccc(Nc2cccc(-c3ccccc3)c2)c(-c2ccc3c(c2)-c2ccccc2C3(c2ccccc2)c2ccccc2)c1)c1ccccc1. The summed E-state index contributed by atoms with van der Waals surface area (Å²) in [5.74, 6) is 0. The van der Waals surface area contributed by atoms with Crippen LogP contribution in [-0.4, -0.2) is 0 Å². The summed E-state index contributed by atoms with van der Waals surface area (Å²) in [5.41, 5.74) is 18.8. The molecule has 318 valence electrons. The van der Waals surface area contributed by atoms with Crippen molar-refractivity contribution in [2.24, 2.45) is 0 Å². The van der Waals surface area contributed by atoms with Gasteiger partial charge in [-0.3, -0.25) is 0 Å². The number of hydrogen-bond donors (Lipinski definition) is 2. The summed E-state index contributed by atoms with van der Waals surface area (Å²) in [7, 11) is 0. The van der Waals surface area contributed by atoms with E-state index in [0.717, 1.165) is 56.0 Å². The monoisotopic (exact) mass is 856 g/mol. The summed E-state index contributed by atoms with van der Waals surface area (Å²) in [5, 5.41) is 9.87. The lowest BCUT2D eigenvalue weighted by Crippen LogP contribution is -2.28. The topological polar surface area (TPSA) is 24.1 Å². The van der Waals surface area contributed by atoms with Crippen LogP contribution in [0.25, 0.3) is 55.3 Å². The molecule has 0 heterocycles. The van der Waals surface area contributed by atoms with Gasteiger partial charge in [-0.15, -0.1) is 0 Å². The average Bonchev–Trinajstić information content (AvgIpc) is 3.70. The van der Waals surface area contributed by atoms with E-state index >= 15 is 0 Å². The summed E-state index contributed by atoms with van der Waals surface area (Å²) in [6, 6.07) is 89.3. The van der Waals surface area contributed by atoms with E-state index in [0.29, 0.717) is 0 Å². The van der Waals surface area contributed by atoms with Crippen molar-refractivity contribution in [2.45, 2.75) is 5.41 Å². The fraction of sp³-hybridized carbons (Fsp3) is 0.0154. The highest BCUT2D eigenvalue weighted by Gasteiger charge is 2.46. The summed E-state index contributed by atoms with van der Waals surface area (Å²) in [6.45, 7) is 4.57. The second kappa shape index (κ2) is 18.0. The van der Waals surface area contributed by atoms with Crippen LogP contribution in [0.1, 0.15) is 33.4 Å². The number of rotatable bonds is 12. The highest BCUT2D eigenvalue weighted by atomic mass is 14.9. The van der Waals surface area contributed by atoms with Crippen molar-refractivity contribution in [1.29, 1.82) is 0 Å². The van der Waals surface area contributed by atoms with Crippen LogP contribution in [0.2, 0.25) is 0 Å². The number of fused-ring (bicyclic) bond motifs is 4. The molecule has 11 rings (SSSR count). The zero-order valence-electron chi connectivity index (χ0n) is 37.1. The Labute approximate surface area is 393 Å². The molecule has 0 aliphatic heterocycles. The zero-order chi connectivity index (χ0) is 45.0. The molecule has 10 aromatic rings. The molecule has 0 atom stereocenters. The highest BCUT2D eigenvalue weighted by molar-refractivity contribution is 5.96. The first-order chi connectivity index (χ1) is 33.1. The molecule has 0 unspecified atom stereocenters. The Morgan fingerprint density at radius 3 is 1.82 bits per heavy atom. The number of allylic oxidation sites excluding steroid dienone is 4. The lowest BCUT2D eigenvalue weighted by atomic mass is 9.67. The molecular formula is C65H48N2. The standard InChI is InChI=1S/C65H48N2/c1-46(47-20-6-2-7-21-47)42-52(40-41-66-63-35-19-25-49-24-14-15-32-57(49)63)51-37-39-64(67-56-31-18-26-50(43-56)48-22-8-3-9-23-48)59(44-51)53-36-38-62-60(45-53)58-33-16-17-34-61(58)65(62,54-27-10-4-11-28-54)55-29-12-5-13-30-55/h2-45,66-67H,1H2/b41-40-,52-42+. The molecule has 2 nitrogen and oxygen atoms in total. The third kappa shape index (κ3) is 7.85. The van der Waals surface area contributed by atoms with Crippen LogP contribution < -0.4 is 10.6 Å².